The van der Waals surface area contributed by atoms with Gasteiger partial charge in [-0.05, 0) is 18.8 Å². The summed E-state index contributed by atoms with van der Waals surface area (Å²) in [6, 6.07) is 0. The van der Waals surface area contributed by atoms with Gasteiger partial charge in [0, 0.05) is 30.8 Å². The SMILES string of the molecule is CC(C)c1cnc(NC(=O)C2(CN)CCOCC2)s1. The Kier molecular flexibility index (Phi) is 4.54. The van der Waals surface area contributed by atoms with Gasteiger partial charge in [0.15, 0.2) is 5.13 Å². The van der Waals surface area contributed by atoms with Crippen molar-refractivity contribution in [3.8, 4) is 0 Å². The van der Waals surface area contributed by atoms with Gasteiger partial charge >= 0.3 is 0 Å². The number of nitrogens with one attached hydrogen (secondary N) is 1. The molecule has 0 spiro atoms. The van der Waals surface area contributed by atoms with Crippen LogP contribution in [0.4, 0.5) is 5.13 Å². The zero-order valence-electron chi connectivity index (χ0n) is 11.4. The van der Waals surface area contributed by atoms with Crippen LogP contribution in [0, 0.1) is 5.41 Å². The molecular weight excluding hydrogens is 262 g/mol. The summed E-state index contributed by atoms with van der Waals surface area (Å²) in [5.41, 5.74) is 5.31. The van der Waals surface area contributed by atoms with Crippen LogP contribution in [0.25, 0.3) is 0 Å². The highest BCUT2D eigenvalue weighted by Crippen LogP contribution is 2.32. The van der Waals surface area contributed by atoms with E-state index in [0.29, 0.717) is 43.6 Å². The number of hydrogen-bond acceptors (Lipinski definition) is 5. The normalized spacial score (nSPS) is 18.5. The van der Waals surface area contributed by atoms with Crippen LogP contribution in [0.3, 0.4) is 0 Å². The van der Waals surface area contributed by atoms with Crippen molar-refractivity contribution in [2.24, 2.45) is 11.1 Å². The van der Waals surface area contributed by atoms with Gasteiger partial charge in [-0.15, -0.1) is 11.3 Å². The molecule has 0 saturated carbocycles. The highest BCUT2D eigenvalue weighted by atomic mass is 32.1. The Morgan fingerprint density at radius 1 is 1.58 bits per heavy atom. The Labute approximate surface area is 117 Å². The Morgan fingerprint density at radius 3 is 2.79 bits per heavy atom. The molecular formula is C13H21N3O2S. The van der Waals surface area contributed by atoms with Crippen molar-refractivity contribution in [3.05, 3.63) is 11.1 Å². The van der Waals surface area contributed by atoms with Crippen LogP contribution in [-0.4, -0.2) is 30.6 Å². The van der Waals surface area contributed by atoms with E-state index in [4.69, 9.17) is 10.5 Å². The maximum Gasteiger partial charge on any atom is 0.233 e. The summed E-state index contributed by atoms with van der Waals surface area (Å²) in [7, 11) is 0. The molecule has 3 N–H and O–H groups in total. The van der Waals surface area contributed by atoms with E-state index in [1.165, 1.54) is 16.2 Å². The fraction of sp³-hybridized carbons (Fsp3) is 0.692. The molecule has 1 aliphatic heterocycles. The first-order valence-corrected chi connectivity index (χ1v) is 7.44. The van der Waals surface area contributed by atoms with Gasteiger partial charge in [-0.3, -0.25) is 4.79 Å². The molecule has 1 fully saturated rings. The van der Waals surface area contributed by atoms with E-state index in [9.17, 15) is 4.79 Å². The van der Waals surface area contributed by atoms with E-state index in [2.05, 4.69) is 24.1 Å². The molecule has 0 aromatic carbocycles. The Balaban J connectivity index is 2.06. The van der Waals surface area contributed by atoms with Crippen molar-refractivity contribution in [3.63, 3.8) is 0 Å². The maximum absolute atomic E-state index is 12.4. The molecule has 2 heterocycles. The number of thiazole rings is 1. The third-order valence-electron chi connectivity index (χ3n) is 3.64. The predicted molar refractivity (Wildman–Crippen MR) is 76.4 cm³/mol. The van der Waals surface area contributed by atoms with Crippen molar-refractivity contribution in [2.75, 3.05) is 25.1 Å². The molecule has 2 rings (SSSR count). The van der Waals surface area contributed by atoms with E-state index in [1.54, 1.807) is 0 Å². The van der Waals surface area contributed by atoms with Gasteiger partial charge in [-0.25, -0.2) is 4.98 Å². The first-order valence-electron chi connectivity index (χ1n) is 6.62. The topological polar surface area (TPSA) is 77.2 Å². The van der Waals surface area contributed by atoms with E-state index >= 15 is 0 Å². The molecule has 6 heteroatoms. The minimum Gasteiger partial charge on any atom is -0.381 e. The quantitative estimate of drug-likeness (QED) is 0.885. The van der Waals surface area contributed by atoms with E-state index in [1.807, 2.05) is 6.20 Å². The van der Waals surface area contributed by atoms with Gasteiger partial charge in [-0.1, -0.05) is 13.8 Å². The second-order valence-electron chi connectivity index (χ2n) is 5.27. The van der Waals surface area contributed by atoms with Crippen LogP contribution in [0.5, 0.6) is 0 Å². The third kappa shape index (κ3) is 3.13. The smallest absolute Gasteiger partial charge is 0.233 e. The van der Waals surface area contributed by atoms with Gasteiger partial charge < -0.3 is 15.8 Å². The van der Waals surface area contributed by atoms with E-state index in [-0.39, 0.29) is 5.91 Å². The molecule has 1 aromatic rings. The van der Waals surface area contributed by atoms with Crippen LogP contribution in [-0.2, 0) is 9.53 Å². The standard InChI is InChI=1S/C13H21N3O2S/c1-9(2)10-7-15-12(19-10)16-11(17)13(8-14)3-5-18-6-4-13/h7,9H,3-6,8,14H2,1-2H3,(H,15,16,17). The predicted octanol–water partition coefficient (Wildman–Crippen LogP) is 1.96. The third-order valence-corrected chi connectivity index (χ3v) is 4.85. The van der Waals surface area contributed by atoms with Crippen LogP contribution in [0.15, 0.2) is 6.20 Å². The minimum absolute atomic E-state index is 0.0250. The van der Waals surface area contributed by atoms with Crippen molar-refractivity contribution in [1.82, 2.24) is 4.98 Å². The van der Waals surface area contributed by atoms with Crippen molar-refractivity contribution >= 4 is 22.4 Å². The number of hydrogen-bond donors (Lipinski definition) is 2. The molecule has 0 atom stereocenters. The molecule has 0 unspecified atom stereocenters. The molecule has 1 aliphatic rings. The van der Waals surface area contributed by atoms with Gasteiger partial charge in [0.05, 0.1) is 5.41 Å². The van der Waals surface area contributed by atoms with Crippen molar-refractivity contribution < 1.29 is 9.53 Å². The van der Waals surface area contributed by atoms with Crippen molar-refractivity contribution in [1.29, 1.82) is 0 Å². The highest BCUT2D eigenvalue weighted by molar-refractivity contribution is 7.15. The zero-order valence-corrected chi connectivity index (χ0v) is 12.3. The second-order valence-corrected chi connectivity index (χ2v) is 6.34. The average molecular weight is 283 g/mol. The zero-order chi connectivity index (χ0) is 13.9. The molecule has 0 radical (unpaired) electrons. The van der Waals surface area contributed by atoms with Crippen LogP contribution >= 0.6 is 11.3 Å². The Morgan fingerprint density at radius 2 is 2.26 bits per heavy atom. The van der Waals surface area contributed by atoms with Gasteiger partial charge in [0.1, 0.15) is 0 Å². The maximum atomic E-state index is 12.4. The minimum atomic E-state index is -0.498. The van der Waals surface area contributed by atoms with E-state index < -0.39 is 5.41 Å². The average Bonchev–Trinajstić information content (AvgIpc) is 2.88. The van der Waals surface area contributed by atoms with Crippen molar-refractivity contribution in [2.45, 2.75) is 32.6 Å². The number of rotatable bonds is 4. The van der Waals surface area contributed by atoms with Gasteiger partial charge in [0.2, 0.25) is 5.91 Å². The number of amides is 1. The second kappa shape index (κ2) is 5.98. The lowest BCUT2D eigenvalue weighted by atomic mass is 9.79. The molecule has 5 nitrogen and oxygen atoms in total. The number of aromatic nitrogens is 1. The fourth-order valence-electron chi connectivity index (χ4n) is 2.13. The summed E-state index contributed by atoms with van der Waals surface area (Å²) in [6.45, 7) is 5.77. The summed E-state index contributed by atoms with van der Waals surface area (Å²) in [4.78, 5) is 17.8. The number of ether oxygens (including phenoxy) is 1. The molecule has 106 valence electrons. The largest absolute Gasteiger partial charge is 0.381 e. The van der Waals surface area contributed by atoms with Crippen LogP contribution in [0.1, 0.15) is 37.5 Å². The molecule has 0 bridgehead atoms. The van der Waals surface area contributed by atoms with Crippen LogP contribution < -0.4 is 11.1 Å². The summed E-state index contributed by atoms with van der Waals surface area (Å²) < 4.78 is 5.31. The lowest BCUT2D eigenvalue weighted by Gasteiger charge is -2.34. The summed E-state index contributed by atoms with van der Waals surface area (Å²) in [5, 5.41) is 3.57. The molecule has 19 heavy (non-hydrogen) atoms. The number of carbonyl (C=O) groups excluding carboxylic acids is 1. The Hall–Kier alpha value is -0.980. The summed E-state index contributed by atoms with van der Waals surface area (Å²) in [5.74, 6) is 0.401. The first-order chi connectivity index (χ1) is 9.07. The molecule has 1 amide bonds. The molecule has 1 saturated heterocycles. The number of anilines is 1. The van der Waals surface area contributed by atoms with Gasteiger partial charge in [0.25, 0.3) is 0 Å². The lowest BCUT2D eigenvalue weighted by Crippen LogP contribution is -2.46. The monoisotopic (exact) mass is 283 g/mol. The van der Waals surface area contributed by atoms with Crippen LogP contribution in [0.2, 0.25) is 0 Å². The molecule has 1 aromatic heterocycles. The Bertz CT molecular complexity index is 439. The lowest BCUT2D eigenvalue weighted by molar-refractivity contribution is -0.130. The van der Waals surface area contributed by atoms with Gasteiger partial charge in [-0.2, -0.15) is 0 Å². The number of carbonyl (C=O) groups is 1. The molecule has 0 aliphatic carbocycles. The summed E-state index contributed by atoms with van der Waals surface area (Å²) >= 11 is 1.53. The highest BCUT2D eigenvalue weighted by Gasteiger charge is 2.39. The summed E-state index contributed by atoms with van der Waals surface area (Å²) in [6.07, 6.45) is 3.18. The number of nitrogens with two attached hydrogens (primary N) is 1. The first kappa shape index (κ1) is 14.4. The number of nitrogens with zero attached hydrogens (tertiary/aromatic N) is 1. The van der Waals surface area contributed by atoms with E-state index in [0.717, 1.165) is 0 Å². The fourth-order valence-corrected chi connectivity index (χ4v) is 2.94.